The normalized spacial score (nSPS) is 18.5. The summed E-state index contributed by atoms with van der Waals surface area (Å²) in [5.41, 5.74) is 2.71. The first kappa shape index (κ1) is 12.5. The molecule has 1 amide bonds. The summed E-state index contributed by atoms with van der Waals surface area (Å²) in [6.07, 6.45) is 6.04. The summed E-state index contributed by atoms with van der Waals surface area (Å²) in [5.74, 6) is 1.08. The van der Waals surface area contributed by atoms with E-state index in [2.05, 4.69) is 29.6 Å². The highest BCUT2D eigenvalue weighted by molar-refractivity contribution is 7.98. The van der Waals surface area contributed by atoms with Gasteiger partial charge in [0.25, 0.3) is 0 Å². The van der Waals surface area contributed by atoms with Crippen LogP contribution in [0.2, 0.25) is 0 Å². The number of rotatable bonds is 4. The molecule has 2 nitrogen and oxygen atoms in total. The molecule has 1 aliphatic carbocycles. The first-order chi connectivity index (χ1) is 8.31. The predicted octanol–water partition coefficient (Wildman–Crippen LogP) is 2.93. The van der Waals surface area contributed by atoms with Crippen LogP contribution in [0.1, 0.15) is 36.4 Å². The van der Waals surface area contributed by atoms with Gasteiger partial charge in [0.2, 0.25) is 5.91 Å². The lowest BCUT2D eigenvalue weighted by Gasteiger charge is -2.26. The van der Waals surface area contributed by atoms with Gasteiger partial charge in [-0.05, 0) is 36.6 Å². The van der Waals surface area contributed by atoms with Gasteiger partial charge in [0.1, 0.15) is 0 Å². The van der Waals surface area contributed by atoms with Crippen molar-refractivity contribution < 1.29 is 4.79 Å². The summed E-state index contributed by atoms with van der Waals surface area (Å²) in [6, 6.07) is 8.69. The van der Waals surface area contributed by atoms with Crippen LogP contribution in [0.15, 0.2) is 24.3 Å². The zero-order chi connectivity index (χ0) is 12.1. The molecule has 0 spiro atoms. The van der Waals surface area contributed by atoms with Crippen LogP contribution in [0.25, 0.3) is 0 Å². The third-order valence-electron chi connectivity index (χ3n) is 3.24. The summed E-state index contributed by atoms with van der Waals surface area (Å²) in [5, 5.41) is 3.16. The molecule has 2 rings (SSSR count). The molecule has 1 N–H and O–H groups in total. The molecule has 1 aliphatic rings. The average Bonchev–Trinajstić information content (AvgIpc) is 2.37. The van der Waals surface area contributed by atoms with Gasteiger partial charge in [-0.1, -0.05) is 24.3 Å². The second-order valence-corrected chi connectivity index (χ2v) is 5.44. The Hall–Kier alpha value is -0.960. The van der Waals surface area contributed by atoms with Gasteiger partial charge in [-0.25, -0.2) is 0 Å². The van der Waals surface area contributed by atoms with Crippen LogP contribution in [-0.4, -0.2) is 17.9 Å². The quantitative estimate of drug-likeness (QED) is 0.889. The van der Waals surface area contributed by atoms with Gasteiger partial charge in [-0.15, -0.1) is 0 Å². The molecule has 0 saturated heterocycles. The lowest BCUT2D eigenvalue weighted by atomic mass is 9.88. The molecule has 92 valence electrons. The summed E-state index contributed by atoms with van der Waals surface area (Å²) >= 11 is 1.72. The standard InChI is InChI=1S/C14H19NOS/c1-17-10-9-14(16)15-13-8-4-6-11-5-2-3-7-12(11)13/h2-3,5,7,13H,4,6,8-10H2,1H3,(H,15,16). The maximum Gasteiger partial charge on any atom is 0.221 e. The number of hydrogen-bond donors (Lipinski definition) is 1. The maximum absolute atomic E-state index is 11.8. The van der Waals surface area contributed by atoms with Gasteiger partial charge in [-0.2, -0.15) is 11.8 Å². The van der Waals surface area contributed by atoms with Crippen LogP contribution in [0.3, 0.4) is 0 Å². The molecule has 1 aromatic carbocycles. The Kier molecular flexibility index (Phi) is 4.49. The van der Waals surface area contributed by atoms with Crippen molar-refractivity contribution in [1.82, 2.24) is 5.32 Å². The van der Waals surface area contributed by atoms with Crippen molar-refractivity contribution in [3.8, 4) is 0 Å². The number of aryl methyl sites for hydroxylation is 1. The summed E-state index contributed by atoms with van der Waals surface area (Å²) in [4.78, 5) is 11.8. The van der Waals surface area contributed by atoms with Crippen molar-refractivity contribution in [1.29, 1.82) is 0 Å². The fourth-order valence-corrected chi connectivity index (χ4v) is 2.75. The molecule has 0 aromatic heterocycles. The van der Waals surface area contributed by atoms with E-state index in [0.29, 0.717) is 6.42 Å². The predicted molar refractivity (Wildman–Crippen MR) is 73.3 cm³/mol. The van der Waals surface area contributed by atoms with Crippen LogP contribution in [0.4, 0.5) is 0 Å². The summed E-state index contributed by atoms with van der Waals surface area (Å²) < 4.78 is 0. The van der Waals surface area contributed by atoms with Crippen molar-refractivity contribution in [3.63, 3.8) is 0 Å². The third-order valence-corrected chi connectivity index (χ3v) is 3.85. The molecule has 0 radical (unpaired) electrons. The number of carbonyl (C=O) groups is 1. The molecular weight excluding hydrogens is 230 g/mol. The molecule has 1 aromatic rings. The number of hydrogen-bond acceptors (Lipinski definition) is 2. The molecule has 1 atom stereocenters. The Bertz CT molecular complexity index is 392. The van der Waals surface area contributed by atoms with Gasteiger partial charge >= 0.3 is 0 Å². The zero-order valence-electron chi connectivity index (χ0n) is 10.2. The van der Waals surface area contributed by atoms with E-state index in [4.69, 9.17) is 0 Å². The van der Waals surface area contributed by atoms with E-state index < -0.39 is 0 Å². The van der Waals surface area contributed by atoms with E-state index in [1.54, 1.807) is 11.8 Å². The number of thioether (sulfide) groups is 1. The van der Waals surface area contributed by atoms with E-state index in [1.807, 2.05) is 6.26 Å². The molecule has 1 unspecified atom stereocenters. The first-order valence-electron chi connectivity index (χ1n) is 6.17. The lowest BCUT2D eigenvalue weighted by Crippen LogP contribution is -2.31. The highest BCUT2D eigenvalue weighted by atomic mass is 32.2. The monoisotopic (exact) mass is 249 g/mol. The van der Waals surface area contributed by atoms with Crippen LogP contribution in [-0.2, 0) is 11.2 Å². The Labute approximate surface area is 107 Å². The lowest BCUT2D eigenvalue weighted by molar-refractivity contribution is -0.121. The fourth-order valence-electron chi connectivity index (χ4n) is 2.37. The fraction of sp³-hybridized carbons (Fsp3) is 0.500. The number of fused-ring (bicyclic) bond motifs is 1. The van der Waals surface area contributed by atoms with Crippen molar-refractivity contribution in [2.24, 2.45) is 0 Å². The minimum absolute atomic E-state index is 0.182. The van der Waals surface area contributed by atoms with Gasteiger partial charge in [0.05, 0.1) is 6.04 Å². The van der Waals surface area contributed by atoms with E-state index in [-0.39, 0.29) is 11.9 Å². The minimum atomic E-state index is 0.182. The Morgan fingerprint density at radius 2 is 2.29 bits per heavy atom. The van der Waals surface area contributed by atoms with Crippen LogP contribution >= 0.6 is 11.8 Å². The molecule has 0 heterocycles. The van der Waals surface area contributed by atoms with E-state index in [1.165, 1.54) is 17.5 Å². The van der Waals surface area contributed by atoms with E-state index in [9.17, 15) is 4.79 Å². The first-order valence-corrected chi connectivity index (χ1v) is 7.56. The SMILES string of the molecule is CSCCC(=O)NC1CCCc2ccccc21. The Morgan fingerprint density at radius 3 is 3.12 bits per heavy atom. The number of nitrogens with one attached hydrogen (secondary N) is 1. The number of carbonyl (C=O) groups excluding carboxylic acids is 1. The van der Waals surface area contributed by atoms with Crippen molar-refractivity contribution in [2.75, 3.05) is 12.0 Å². The minimum Gasteiger partial charge on any atom is -0.349 e. The third kappa shape index (κ3) is 3.25. The molecule has 0 saturated carbocycles. The zero-order valence-corrected chi connectivity index (χ0v) is 11.1. The molecule has 0 aliphatic heterocycles. The highest BCUT2D eigenvalue weighted by Gasteiger charge is 2.20. The van der Waals surface area contributed by atoms with Crippen molar-refractivity contribution >= 4 is 17.7 Å². The second-order valence-electron chi connectivity index (χ2n) is 4.45. The summed E-state index contributed by atoms with van der Waals surface area (Å²) in [6.45, 7) is 0. The second kappa shape index (κ2) is 6.10. The van der Waals surface area contributed by atoms with E-state index >= 15 is 0 Å². The number of amides is 1. The molecule has 17 heavy (non-hydrogen) atoms. The van der Waals surface area contributed by atoms with Crippen LogP contribution < -0.4 is 5.32 Å². The molecule has 0 bridgehead atoms. The van der Waals surface area contributed by atoms with Crippen molar-refractivity contribution in [3.05, 3.63) is 35.4 Å². The van der Waals surface area contributed by atoms with Gasteiger partial charge < -0.3 is 5.32 Å². The van der Waals surface area contributed by atoms with Crippen LogP contribution in [0, 0.1) is 0 Å². The number of benzene rings is 1. The largest absolute Gasteiger partial charge is 0.349 e. The maximum atomic E-state index is 11.8. The van der Waals surface area contributed by atoms with Gasteiger partial charge in [0.15, 0.2) is 0 Å². The smallest absolute Gasteiger partial charge is 0.221 e. The molecular formula is C14H19NOS. The van der Waals surface area contributed by atoms with Crippen LogP contribution in [0.5, 0.6) is 0 Å². The highest BCUT2D eigenvalue weighted by Crippen LogP contribution is 2.29. The molecule has 3 heteroatoms. The average molecular weight is 249 g/mol. The van der Waals surface area contributed by atoms with Crippen molar-refractivity contribution in [2.45, 2.75) is 31.7 Å². The molecule has 0 fully saturated rings. The Balaban J connectivity index is 2.01. The Morgan fingerprint density at radius 1 is 1.47 bits per heavy atom. The topological polar surface area (TPSA) is 29.1 Å². The van der Waals surface area contributed by atoms with E-state index in [0.717, 1.165) is 18.6 Å². The summed E-state index contributed by atoms with van der Waals surface area (Å²) in [7, 11) is 0. The van der Waals surface area contributed by atoms with Gasteiger partial charge in [-0.3, -0.25) is 4.79 Å². The van der Waals surface area contributed by atoms with Gasteiger partial charge in [0, 0.05) is 12.2 Å².